The molecule has 0 spiro atoms. The third-order valence-corrected chi connectivity index (χ3v) is 3.20. The summed E-state index contributed by atoms with van der Waals surface area (Å²) in [6.45, 7) is 1.46. The zero-order chi connectivity index (χ0) is 18.2. The number of anilines is 1. The molecule has 0 bridgehead atoms. The molecule has 1 amide bonds. The first-order valence-electron chi connectivity index (χ1n) is 7.45. The largest absolute Gasteiger partial charge is 0.449 e. The maximum atomic E-state index is 12.0. The van der Waals surface area contributed by atoms with Crippen LogP contribution in [0.3, 0.4) is 0 Å². The molecule has 1 unspecified atom stereocenters. The number of nitro groups is 1. The van der Waals surface area contributed by atoms with Crippen LogP contribution in [0.25, 0.3) is 6.08 Å². The molecule has 0 aromatic heterocycles. The van der Waals surface area contributed by atoms with Crippen LogP contribution in [-0.4, -0.2) is 22.9 Å². The molecule has 0 aliphatic heterocycles. The summed E-state index contributed by atoms with van der Waals surface area (Å²) in [6.07, 6.45) is 1.52. The molecular weight excluding hydrogens is 324 g/mol. The van der Waals surface area contributed by atoms with Crippen LogP contribution in [0.1, 0.15) is 12.5 Å². The first-order valence-corrected chi connectivity index (χ1v) is 7.45. The van der Waals surface area contributed by atoms with Gasteiger partial charge in [0, 0.05) is 23.9 Å². The number of esters is 1. The van der Waals surface area contributed by atoms with Gasteiger partial charge in [-0.3, -0.25) is 14.9 Å². The van der Waals surface area contributed by atoms with Crippen LogP contribution in [-0.2, 0) is 14.3 Å². The lowest BCUT2D eigenvalue weighted by Gasteiger charge is -2.12. The Hall–Kier alpha value is -3.48. The molecule has 0 aliphatic rings. The van der Waals surface area contributed by atoms with Crippen LogP contribution in [0.4, 0.5) is 11.4 Å². The highest BCUT2D eigenvalue weighted by Gasteiger charge is 2.16. The molecule has 7 heteroatoms. The number of carbonyl (C=O) groups is 2. The van der Waals surface area contributed by atoms with E-state index in [2.05, 4.69) is 5.32 Å². The fourth-order valence-corrected chi connectivity index (χ4v) is 1.94. The summed E-state index contributed by atoms with van der Waals surface area (Å²) >= 11 is 0. The van der Waals surface area contributed by atoms with Gasteiger partial charge in [-0.05, 0) is 30.7 Å². The van der Waals surface area contributed by atoms with Crippen molar-refractivity contribution in [2.45, 2.75) is 13.0 Å². The Labute approximate surface area is 144 Å². The number of hydrogen-bond acceptors (Lipinski definition) is 5. The zero-order valence-electron chi connectivity index (χ0n) is 13.4. The highest BCUT2D eigenvalue weighted by atomic mass is 16.6. The van der Waals surface area contributed by atoms with Gasteiger partial charge in [-0.25, -0.2) is 4.79 Å². The third-order valence-electron chi connectivity index (χ3n) is 3.20. The molecule has 25 heavy (non-hydrogen) atoms. The number of para-hydroxylation sites is 1. The van der Waals surface area contributed by atoms with E-state index in [1.165, 1.54) is 31.2 Å². The van der Waals surface area contributed by atoms with Crippen LogP contribution in [0.2, 0.25) is 0 Å². The van der Waals surface area contributed by atoms with Crippen LogP contribution < -0.4 is 5.32 Å². The van der Waals surface area contributed by atoms with Gasteiger partial charge in [-0.2, -0.15) is 0 Å². The minimum absolute atomic E-state index is 0.0777. The first kappa shape index (κ1) is 17.9. The Morgan fingerprint density at radius 1 is 1.16 bits per heavy atom. The molecule has 2 aromatic rings. The highest BCUT2D eigenvalue weighted by molar-refractivity contribution is 5.96. The van der Waals surface area contributed by atoms with Gasteiger partial charge >= 0.3 is 5.97 Å². The summed E-state index contributed by atoms with van der Waals surface area (Å²) in [6, 6.07) is 14.6. The van der Waals surface area contributed by atoms with Crippen molar-refractivity contribution < 1.29 is 19.2 Å². The number of amides is 1. The smallest absolute Gasteiger partial charge is 0.331 e. The lowest BCUT2D eigenvalue weighted by Crippen LogP contribution is -2.29. The average Bonchev–Trinajstić information content (AvgIpc) is 2.61. The van der Waals surface area contributed by atoms with Crippen molar-refractivity contribution in [3.05, 3.63) is 76.4 Å². The van der Waals surface area contributed by atoms with E-state index in [1.807, 2.05) is 6.07 Å². The summed E-state index contributed by atoms with van der Waals surface area (Å²) < 4.78 is 5.01. The Morgan fingerprint density at radius 3 is 2.56 bits per heavy atom. The second kappa shape index (κ2) is 8.39. The molecule has 2 aromatic carbocycles. The number of ether oxygens (including phenoxy) is 1. The number of non-ortho nitro benzene ring substituents is 1. The number of hydrogen-bond donors (Lipinski definition) is 1. The van der Waals surface area contributed by atoms with Crippen LogP contribution >= 0.6 is 0 Å². The predicted octanol–water partition coefficient (Wildman–Crippen LogP) is 3.18. The van der Waals surface area contributed by atoms with Crippen molar-refractivity contribution in [1.29, 1.82) is 0 Å². The lowest BCUT2D eigenvalue weighted by atomic mass is 10.2. The molecule has 0 heterocycles. The van der Waals surface area contributed by atoms with E-state index in [0.717, 1.165) is 6.08 Å². The molecule has 2 rings (SSSR count). The monoisotopic (exact) mass is 340 g/mol. The van der Waals surface area contributed by atoms with Crippen molar-refractivity contribution in [3.8, 4) is 0 Å². The maximum absolute atomic E-state index is 12.0. The molecule has 0 saturated heterocycles. The van der Waals surface area contributed by atoms with E-state index < -0.39 is 22.9 Å². The van der Waals surface area contributed by atoms with Gasteiger partial charge < -0.3 is 10.1 Å². The van der Waals surface area contributed by atoms with Gasteiger partial charge in [-0.1, -0.05) is 30.3 Å². The van der Waals surface area contributed by atoms with E-state index in [1.54, 1.807) is 30.3 Å². The van der Waals surface area contributed by atoms with E-state index >= 15 is 0 Å². The molecule has 0 saturated carbocycles. The number of nitro benzene ring substituents is 1. The van der Waals surface area contributed by atoms with Gasteiger partial charge in [0.1, 0.15) is 0 Å². The van der Waals surface area contributed by atoms with Crippen molar-refractivity contribution in [2.24, 2.45) is 0 Å². The van der Waals surface area contributed by atoms with Crippen LogP contribution in [0.5, 0.6) is 0 Å². The summed E-state index contributed by atoms with van der Waals surface area (Å²) in [5.74, 6) is -1.18. The standard InChI is InChI=1S/C18H16N2O5/c1-13(18(22)19-15-7-3-2-4-8-15)25-17(21)11-10-14-6-5-9-16(12-14)20(23)24/h2-13H,1H3,(H,19,22)/b11-10+. The second-order valence-electron chi connectivity index (χ2n) is 5.12. The van der Waals surface area contributed by atoms with E-state index in [0.29, 0.717) is 11.3 Å². The number of nitrogens with one attached hydrogen (secondary N) is 1. The van der Waals surface area contributed by atoms with Crippen LogP contribution in [0, 0.1) is 10.1 Å². The third kappa shape index (κ3) is 5.58. The van der Waals surface area contributed by atoms with Gasteiger partial charge in [0.25, 0.3) is 11.6 Å². The van der Waals surface area contributed by atoms with Gasteiger partial charge in [0.2, 0.25) is 0 Å². The molecule has 0 radical (unpaired) electrons. The second-order valence-corrected chi connectivity index (χ2v) is 5.12. The van der Waals surface area contributed by atoms with E-state index in [-0.39, 0.29) is 5.69 Å². The quantitative estimate of drug-likeness (QED) is 0.377. The minimum atomic E-state index is -0.984. The van der Waals surface area contributed by atoms with Crippen molar-refractivity contribution in [2.75, 3.05) is 5.32 Å². The zero-order valence-corrected chi connectivity index (χ0v) is 13.4. The lowest BCUT2D eigenvalue weighted by molar-refractivity contribution is -0.384. The summed E-state index contributed by atoms with van der Waals surface area (Å²) in [4.78, 5) is 33.9. The summed E-state index contributed by atoms with van der Waals surface area (Å²) in [5.41, 5.74) is 1.00. The normalized spacial score (nSPS) is 11.7. The fraction of sp³-hybridized carbons (Fsp3) is 0.111. The van der Waals surface area contributed by atoms with Crippen molar-refractivity contribution >= 4 is 29.3 Å². The molecule has 1 N–H and O–H groups in total. The topological polar surface area (TPSA) is 98.5 Å². The Kier molecular flexibility index (Phi) is 6.00. The summed E-state index contributed by atoms with van der Waals surface area (Å²) in [5, 5.41) is 13.3. The first-order chi connectivity index (χ1) is 12.0. The van der Waals surface area contributed by atoms with Crippen molar-refractivity contribution in [1.82, 2.24) is 0 Å². The molecule has 0 fully saturated rings. The Bertz CT molecular complexity index is 802. The number of nitrogens with zero attached hydrogens (tertiary/aromatic N) is 1. The Balaban J connectivity index is 1.91. The Morgan fingerprint density at radius 2 is 1.88 bits per heavy atom. The number of benzene rings is 2. The average molecular weight is 340 g/mol. The predicted molar refractivity (Wildman–Crippen MR) is 92.8 cm³/mol. The SMILES string of the molecule is CC(OC(=O)/C=C/c1cccc([N+](=O)[O-])c1)C(=O)Nc1ccccc1. The molecule has 0 aliphatic carbocycles. The van der Waals surface area contributed by atoms with E-state index in [9.17, 15) is 19.7 Å². The van der Waals surface area contributed by atoms with Gasteiger partial charge in [0.15, 0.2) is 6.10 Å². The van der Waals surface area contributed by atoms with Gasteiger partial charge in [-0.15, -0.1) is 0 Å². The minimum Gasteiger partial charge on any atom is -0.449 e. The van der Waals surface area contributed by atoms with E-state index in [4.69, 9.17) is 4.74 Å². The maximum Gasteiger partial charge on any atom is 0.331 e. The molecule has 7 nitrogen and oxygen atoms in total. The molecule has 128 valence electrons. The van der Waals surface area contributed by atoms with Crippen LogP contribution in [0.15, 0.2) is 60.7 Å². The fourth-order valence-electron chi connectivity index (χ4n) is 1.94. The highest BCUT2D eigenvalue weighted by Crippen LogP contribution is 2.14. The van der Waals surface area contributed by atoms with Gasteiger partial charge in [0.05, 0.1) is 4.92 Å². The molecular formula is C18H16N2O5. The van der Waals surface area contributed by atoms with Crippen molar-refractivity contribution in [3.63, 3.8) is 0 Å². The number of rotatable bonds is 6. The summed E-state index contributed by atoms with van der Waals surface area (Å²) in [7, 11) is 0. The molecule has 1 atom stereocenters. The number of carbonyl (C=O) groups excluding carboxylic acids is 2.